The largest absolute Gasteiger partial charge is 0.352 e. The van der Waals surface area contributed by atoms with Gasteiger partial charge in [0, 0.05) is 31.9 Å². The van der Waals surface area contributed by atoms with Gasteiger partial charge in [-0.05, 0) is 31.5 Å². The molecule has 0 unspecified atom stereocenters. The molecule has 1 aliphatic heterocycles. The maximum Gasteiger partial charge on any atom is 0.256 e. The molecular weight excluding hydrogens is 345 g/mol. The number of nitrogens with one attached hydrogen (secondary N) is 3. The lowest BCUT2D eigenvalue weighted by Gasteiger charge is -2.28. The van der Waals surface area contributed by atoms with Crippen LogP contribution in [0.3, 0.4) is 0 Å². The number of carbonyl (C=O) groups is 1. The van der Waals surface area contributed by atoms with Crippen molar-refractivity contribution in [3.8, 4) is 0 Å². The second kappa shape index (κ2) is 7.00. The van der Waals surface area contributed by atoms with E-state index in [-0.39, 0.29) is 17.1 Å². The average Bonchev–Trinajstić information content (AvgIpc) is 3.15. The van der Waals surface area contributed by atoms with Crippen LogP contribution in [0.4, 0.5) is 15.8 Å². The van der Waals surface area contributed by atoms with E-state index in [1.807, 2.05) is 32.0 Å². The number of anilines is 2. The van der Waals surface area contributed by atoms with Gasteiger partial charge in [-0.3, -0.25) is 4.79 Å². The van der Waals surface area contributed by atoms with Gasteiger partial charge in [0.05, 0.1) is 23.1 Å². The smallest absolute Gasteiger partial charge is 0.256 e. The Morgan fingerprint density at radius 1 is 1.22 bits per heavy atom. The molecule has 27 heavy (non-hydrogen) atoms. The van der Waals surface area contributed by atoms with E-state index in [1.165, 1.54) is 6.33 Å². The number of fused-ring (bicyclic) bond motifs is 1. The Labute approximate surface area is 156 Å². The first-order valence-electron chi connectivity index (χ1n) is 9.04. The second-order valence-electron chi connectivity index (χ2n) is 6.90. The molecule has 1 aromatic heterocycles. The summed E-state index contributed by atoms with van der Waals surface area (Å²) in [5, 5.41) is 6.37. The second-order valence-corrected chi connectivity index (χ2v) is 6.90. The molecule has 1 saturated heterocycles. The predicted molar refractivity (Wildman–Crippen MR) is 104 cm³/mol. The van der Waals surface area contributed by atoms with Gasteiger partial charge >= 0.3 is 0 Å². The van der Waals surface area contributed by atoms with Crippen molar-refractivity contribution >= 4 is 28.3 Å². The molecule has 0 spiro atoms. The van der Waals surface area contributed by atoms with Crippen molar-refractivity contribution in [1.29, 1.82) is 0 Å². The molecule has 0 saturated carbocycles. The summed E-state index contributed by atoms with van der Waals surface area (Å²) >= 11 is 0. The fraction of sp³-hybridized carbons (Fsp3) is 0.300. The Balaban J connectivity index is 1.81. The Hall–Kier alpha value is -2.93. The molecule has 1 fully saturated rings. The molecule has 3 N–H and O–H groups in total. The number of aryl methyl sites for hydroxylation is 2. The van der Waals surface area contributed by atoms with Gasteiger partial charge in [-0.1, -0.05) is 17.7 Å². The lowest BCUT2D eigenvalue weighted by Crippen LogP contribution is -2.46. The standard InChI is InChI=1S/C20H22FN5O/c1-12-3-4-15(13(2)9-12)25-18-14(20(27)26-7-5-22-6-8-26)10-16-19(17(18)21)24-11-23-16/h3-4,9-11,22,25H,5-8H2,1-2H3,(H,23,24). The minimum Gasteiger partial charge on any atom is -0.352 e. The van der Waals surface area contributed by atoms with Gasteiger partial charge in [-0.15, -0.1) is 0 Å². The van der Waals surface area contributed by atoms with Gasteiger partial charge in [-0.2, -0.15) is 0 Å². The molecule has 1 amide bonds. The highest BCUT2D eigenvalue weighted by molar-refractivity contribution is 6.04. The van der Waals surface area contributed by atoms with Crippen molar-refractivity contribution in [3.63, 3.8) is 0 Å². The molecule has 7 heteroatoms. The Morgan fingerprint density at radius 3 is 2.74 bits per heavy atom. The van der Waals surface area contributed by atoms with E-state index in [4.69, 9.17) is 0 Å². The molecule has 0 aliphatic carbocycles. The first-order valence-corrected chi connectivity index (χ1v) is 9.04. The topological polar surface area (TPSA) is 73.1 Å². The van der Waals surface area contributed by atoms with Crippen LogP contribution >= 0.6 is 0 Å². The average molecular weight is 367 g/mol. The van der Waals surface area contributed by atoms with Crippen molar-refractivity contribution in [1.82, 2.24) is 20.2 Å². The van der Waals surface area contributed by atoms with E-state index in [0.29, 0.717) is 24.2 Å². The van der Waals surface area contributed by atoms with E-state index >= 15 is 4.39 Å². The Morgan fingerprint density at radius 2 is 2.00 bits per heavy atom. The molecule has 0 bridgehead atoms. The summed E-state index contributed by atoms with van der Waals surface area (Å²) in [5.41, 5.74) is 4.09. The van der Waals surface area contributed by atoms with Crippen LogP contribution in [0.1, 0.15) is 21.5 Å². The van der Waals surface area contributed by atoms with E-state index in [1.54, 1.807) is 11.0 Å². The number of hydrogen-bond acceptors (Lipinski definition) is 4. The zero-order valence-corrected chi connectivity index (χ0v) is 15.4. The number of hydrogen-bond donors (Lipinski definition) is 3. The first-order chi connectivity index (χ1) is 13.0. The molecule has 1 aliphatic rings. The van der Waals surface area contributed by atoms with Gasteiger partial charge in [0.25, 0.3) is 5.91 Å². The van der Waals surface area contributed by atoms with Gasteiger partial charge in [0.2, 0.25) is 0 Å². The van der Waals surface area contributed by atoms with Crippen LogP contribution in [0.15, 0.2) is 30.6 Å². The molecule has 4 rings (SSSR count). The summed E-state index contributed by atoms with van der Waals surface area (Å²) in [5.74, 6) is -0.702. The van der Waals surface area contributed by atoms with Crippen molar-refractivity contribution < 1.29 is 9.18 Å². The summed E-state index contributed by atoms with van der Waals surface area (Å²) < 4.78 is 15.3. The van der Waals surface area contributed by atoms with E-state index in [0.717, 1.165) is 29.9 Å². The van der Waals surface area contributed by atoms with Crippen LogP contribution in [0.5, 0.6) is 0 Å². The number of piperazine rings is 1. The van der Waals surface area contributed by atoms with Crippen LogP contribution in [-0.4, -0.2) is 47.0 Å². The number of imidazole rings is 1. The quantitative estimate of drug-likeness (QED) is 0.665. The summed E-state index contributed by atoms with van der Waals surface area (Å²) in [6.45, 7) is 6.64. The number of amides is 1. The number of carbonyl (C=O) groups excluding carboxylic acids is 1. The maximum atomic E-state index is 15.3. The highest BCUT2D eigenvalue weighted by atomic mass is 19.1. The van der Waals surface area contributed by atoms with E-state index in [2.05, 4.69) is 20.6 Å². The van der Waals surface area contributed by atoms with Crippen LogP contribution in [0.2, 0.25) is 0 Å². The summed E-state index contributed by atoms with van der Waals surface area (Å²) in [6.07, 6.45) is 1.44. The first kappa shape index (κ1) is 17.5. The van der Waals surface area contributed by atoms with E-state index in [9.17, 15) is 4.79 Å². The van der Waals surface area contributed by atoms with Gasteiger partial charge < -0.3 is 20.5 Å². The van der Waals surface area contributed by atoms with Crippen molar-refractivity contribution in [2.75, 3.05) is 31.5 Å². The van der Waals surface area contributed by atoms with Crippen LogP contribution in [0, 0.1) is 19.7 Å². The monoisotopic (exact) mass is 367 g/mol. The molecular formula is C20H22FN5O. The third-order valence-corrected chi connectivity index (χ3v) is 4.93. The lowest BCUT2D eigenvalue weighted by atomic mass is 10.1. The van der Waals surface area contributed by atoms with Crippen molar-refractivity contribution in [2.45, 2.75) is 13.8 Å². The number of nitrogens with zero attached hydrogens (tertiary/aromatic N) is 2. The minimum atomic E-state index is -0.521. The van der Waals surface area contributed by atoms with Crippen molar-refractivity contribution in [2.24, 2.45) is 0 Å². The van der Waals surface area contributed by atoms with Crippen molar-refractivity contribution in [3.05, 3.63) is 53.1 Å². The summed E-state index contributed by atoms with van der Waals surface area (Å²) in [4.78, 5) is 21.8. The molecule has 3 aromatic rings. The molecule has 2 heterocycles. The third-order valence-electron chi connectivity index (χ3n) is 4.93. The predicted octanol–water partition coefficient (Wildman–Crippen LogP) is 3.11. The Kier molecular flexibility index (Phi) is 4.53. The highest BCUT2D eigenvalue weighted by Gasteiger charge is 2.25. The fourth-order valence-electron chi connectivity index (χ4n) is 3.46. The molecule has 6 nitrogen and oxygen atoms in total. The van der Waals surface area contributed by atoms with Crippen LogP contribution < -0.4 is 10.6 Å². The zero-order valence-electron chi connectivity index (χ0n) is 15.4. The fourth-order valence-corrected chi connectivity index (χ4v) is 3.46. The highest BCUT2D eigenvalue weighted by Crippen LogP contribution is 2.32. The molecule has 140 valence electrons. The van der Waals surface area contributed by atoms with E-state index < -0.39 is 5.82 Å². The molecule has 2 aromatic carbocycles. The number of aromatic nitrogens is 2. The Bertz CT molecular complexity index is 1010. The number of aromatic amines is 1. The maximum absolute atomic E-state index is 15.3. The lowest BCUT2D eigenvalue weighted by molar-refractivity contribution is 0.0736. The van der Waals surface area contributed by atoms with Crippen LogP contribution in [-0.2, 0) is 0 Å². The van der Waals surface area contributed by atoms with Gasteiger partial charge in [-0.25, -0.2) is 9.37 Å². The zero-order chi connectivity index (χ0) is 19.0. The summed E-state index contributed by atoms with van der Waals surface area (Å²) in [6, 6.07) is 7.56. The number of H-pyrrole nitrogens is 1. The number of halogens is 1. The normalized spacial score (nSPS) is 14.6. The summed E-state index contributed by atoms with van der Waals surface area (Å²) in [7, 11) is 0. The molecule has 0 atom stereocenters. The van der Waals surface area contributed by atoms with Gasteiger partial charge in [0.15, 0.2) is 5.82 Å². The van der Waals surface area contributed by atoms with Gasteiger partial charge in [0.1, 0.15) is 5.52 Å². The third kappa shape index (κ3) is 3.26. The minimum absolute atomic E-state index is 0.171. The number of benzene rings is 2. The van der Waals surface area contributed by atoms with Crippen LogP contribution in [0.25, 0.3) is 11.0 Å². The number of rotatable bonds is 3. The SMILES string of the molecule is Cc1ccc(Nc2c(C(=O)N3CCNCC3)cc3[nH]cnc3c2F)c(C)c1. The molecule has 0 radical (unpaired) electrons.